The molecule has 218 valence electrons. The third-order valence-corrected chi connectivity index (χ3v) is 8.56. The van der Waals surface area contributed by atoms with E-state index in [-0.39, 0.29) is 45.8 Å². The molecule has 12 heteroatoms. The van der Waals surface area contributed by atoms with Gasteiger partial charge in [-0.2, -0.15) is 0 Å². The zero-order chi connectivity index (χ0) is 29.2. The van der Waals surface area contributed by atoms with Crippen molar-refractivity contribution in [3.05, 3.63) is 82.3 Å². The molecular weight excluding hydrogens is 587 g/mol. The first-order valence-electron chi connectivity index (χ1n) is 13.3. The number of halogens is 2. The van der Waals surface area contributed by atoms with E-state index in [1.54, 1.807) is 36.4 Å². The van der Waals surface area contributed by atoms with Crippen molar-refractivity contribution in [2.45, 2.75) is 30.6 Å². The highest BCUT2D eigenvalue weighted by molar-refractivity contribution is 7.92. The minimum Gasteiger partial charge on any atom is -0.454 e. The summed E-state index contributed by atoms with van der Waals surface area (Å²) in [6.07, 6.45) is 3.38. The molecule has 0 saturated carbocycles. The number of piperidine rings is 1. The van der Waals surface area contributed by atoms with E-state index in [4.69, 9.17) is 27.9 Å². The smallest absolute Gasteiger partial charge is 0.262 e. The van der Waals surface area contributed by atoms with E-state index in [1.165, 1.54) is 30.3 Å². The maximum absolute atomic E-state index is 13.1. The second-order valence-corrected chi connectivity index (χ2v) is 12.2. The summed E-state index contributed by atoms with van der Waals surface area (Å²) in [5.74, 6) is 0.673. The highest BCUT2D eigenvalue weighted by Crippen LogP contribution is 2.35. The van der Waals surface area contributed by atoms with Crippen LogP contribution in [0, 0.1) is 5.92 Å². The second-order valence-electron chi connectivity index (χ2n) is 9.64. The van der Waals surface area contributed by atoms with Gasteiger partial charge in [0.2, 0.25) is 5.91 Å². The Hall–Kier alpha value is -3.31. The summed E-state index contributed by atoms with van der Waals surface area (Å²) in [5.41, 5.74) is 0.478. The molecule has 4 N–H and O–H groups in total. The Labute approximate surface area is 250 Å². The van der Waals surface area contributed by atoms with Crippen LogP contribution < -0.4 is 25.4 Å². The molecule has 1 aliphatic heterocycles. The highest BCUT2D eigenvalue weighted by atomic mass is 35.5. The number of carbonyl (C=O) groups excluding carboxylic acids is 2. The van der Waals surface area contributed by atoms with Crippen molar-refractivity contribution in [3.8, 4) is 11.5 Å². The molecule has 9 nitrogen and oxygen atoms in total. The largest absolute Gasteiger partial charge is 0.454 e. The Kier molecular flexibility index (Phi) is 10.9. The summed E-state index contributed by atoms with van der Waals surface area (Å²) < 4.78 is 34.5. The summed E-state index contributed by atoms with van der Waals surface area (Å²) in [7, 11) is -4.01. The van der Waals surface area contributed by atoms with E-state index in [2.05, 4.69) is 20.7 Å². The Balaban J connectivity index is 1.28. The maximum Gasteiger partial charge on any atom is 0.262 e. The van der Waals surface area contributed by atoms with Gasteiger partial charge in [-0.1, -0.05) is 35.3 Å². The number of nitrogens with one attached hydrogen (secondary N) is 4. The number of hydrogen-bond acceptors (Lipinski definition) is 6. The summed E-state index contributed by atoms with van der Waals surface area (Å²) in [5, 5.41) is 9.65. The van der Waals surface area contributed by atoms with Gasteiger partial charge < -0.3 is 20.7 Å². The van der Waals surface area contributed by atoms with Crippen LogP contribution >= 0.6 is 23.2 Å². The fourth-order valence-corrected chi connectivity index (χ4v) is 5.89. The van der Waals surface area contributed by atoms with Gasteiger partial charge in [0, 0.05) is 30.1 Å². The molecule has 0 bridgehead atoms. The number of amides is 2. The van der Waals surface area contributed by atoms with Crippen molar-refractivity contribution in [1.82, 2.24) is 16.0 Å². The zero-order valence-electron chi connectivity index (χ0n) is 22.3. The molecule has 3 aromatic carbocycles. The molecule has 0 atom stereocenters. The second kappa shape index (κ2) is 14.5. The normalized spacial score (nSPS) is 13.8. The lowest BCUT2D eigenvalue weighted by Gasteiger charge is -2.22. The summed E-state index contributed by atoms with van der Waals surface area (Å²) in [6.45, 7) is 2.86. The number of ether oxygens (including phenoxy) is 1. The van der Waals surface area contributed by atoms with Gasteiger partial charge in [-0.3, -0.25) is 14.3 Å². The van der Waals surface area contributed by atoms with Crippen molar-refractivity contribution in [2.24, 2.45) is 5.92 Å². The number of carbonyl (C=O) groups is 2. The van der Waals surface area contributed by atoms with E-state index < -0.39 is 15.9 Å². The fourth-order valence-electron chi connectivity index (χ4n) is 4.37. The highest BCUT2D eigenvalue weighted by Gasteiger charge is 2.19. The molecule has 1 fully saturated rings. The molecule has 0 aromatic heterocycles. The van der Waals surface area contributed by atoms with Crippen LogP contribution in [0.5, 0.6) is 11.5 Å². The Morgan fingerprint density at radius 2 is 1.63 bits per heavy atom. The van der Waals surface area contributed by atoms with Gasteiger partial charge >= 0.3 is 0 Å². The van der Waals surface area contributed by atoms with Crippen LogP contribution in [-0.2, 0) is 14.8 Å². The lowest BCUT2D eigenvalue weighted by molar-refractivity contribution is -0.121. The Bertz CT molecular complexity index is 1460. The van der Waals surface area contributed by atoms with Crippen LogP contribution in [0.4, 0.5) is 5.69 Å². The van der Waals surface area contributed by atoms with Crippen LogP contribution in [0.1, 0.15) is 36.0 Å². The molecule has 41 heavy (non-hydrogen) atoms. The molecular formula is C29H32Cl2N4O5S. The molecule has 0 aliphatic carbocycles. The van der Waals surface area contributed by atoms with Crippen molar-refractivity contribution < 1.29 is 22.7 Å². The Morgan fingerprint density at radius 1 is 0.902 bits per heavy atom. The number of hydrogen-bond donors (Lipinski definition) is 4. The minimum atomic E-state index is -4.01. The SMILES string of the molecule is O=C(CCNC(=O)c1ccc(S(=O)(=O)Nc2ccccc2Oc2ccc(Cl)cc2Cl)cc1)NCCC1CCNCC1. The fraction of sp³-hybridized carbons (Fsp3) is 0.310. The molecule has 0 radical (unpaired) electrons. The number of para-hydroxylation sites is 2. The summed E-state index contributed by atoms with van der Waals surface area (Å²) in [6, 6.07) is 16.7. The lowest BCUT2D eigenvalue weighted by Crippen LogP contribution is -2.33. The molecule has 3 aromatic rings. The first kappa shape index (κ1) is 30.6. The van der Waals surface area contributed by atoms with Gasteiger partial charge in [0.15, 0.2) is 5.75 Å². The number of rotatable bonds is 12. The van der Waals surface area contributed by atoms with Crippen molar-refractivity contribution in [1.29, 1.82) is 0 Å². The van der Waals surface area contributed by atoms with E-state index in [0.29, 0.717) is 23.2 Å². The molecule has 4 rings (SSSR count). The molecule has 1 saturated heterocycles. The predicted octanol–water partition coefficient (Wildman–Crippen LogP) is 5.21. The molecule has 1 heterocycles. The van der Waals surface area contributed by atoms with Gasteiger partial charge in [-0.05, 0) is 92.9 Å². The molecule has 1 aliphatic rings. The number of anilines is 1. The average molecular weight is 620 g/mol. The first-order chi connectivity index (χ1) is 19.7. The maximum atomic E-state index is 13.1. The van der Waals surface area contributed by atoms with Crippen LogP contribution in [0.3, 0.4) is 0 Å². The lowest BCUT2D eigenvalue weighted by atomic mass is 9.95. The van der Waals surface area contributed by atoms with Gasteiger partial charge in [0.25, 0.3) is 15.9 Å². The average Bonchev–Trinajstić information content (AvgIpc) is 2.96. The van der Waals surface area contributed by atoms with Crippen molar-refractivity contribution in [2.75, 3.05) is 30.9 Å². The van der Waals surface area contributed by atoms with Crippen molar-refractivity contribution >= 4 is 50.7 Å². The van der Waals surface area contributed by atoms with Crippen LogP contribution in [-0.4, -0.2) is 46.4 Å². The van der Waals surface area contributed by atoms with Gasteiger partial charge in [0.1, 0.15) is 5.75 Å². The molecule has 0 spiro atoms. The predicted molar refractivity (Wildman–Crippen MR) is 160 cm³/mol. The monoisotopic (exact) mass is 618 g/mol. The van der Waals surface area contributed by atoms with E-state index >= 15 is 0 Å². The van der Waals surface area contributed by atoms with Crippen LogP contribution in [0.2, 0.25) is 10.0 Å². The Morgan fingerprint density at radius 3 is 2.37 bits per heavy atom. The van der Waals surface area contributed by atoms with E-state index in [0.717, 1.165) is 32.4 Å². The standard InChI is InChI=1S/C29H32Cl2N4O5S/c30-22-7-10-26(24(31)19-22)40-27-4-2-1-3-25(27)35-41(38,39)23-8-5-21(6-9-23)29(37)34-18-14-28(36)33-17-13-20-11-15-32-16-12-20/h1-10,19-20,32,35H,11-18H2,(H,33,36)(H,34,37). The van der Waals surface area contributed by atoms with Crippen molar-refractivity contribution in [3.63, 3.8) is 0 Å². The third kappa shape index (κ3) is 9.09. The van der Waals surface area contributed by atoms with Crippen LogP contribution in [0.25, 0.3) is 0 Å². The van der Waals surface area contributed by atoms with Gasteiger partial charge in [0.05, 0.1) is 15.6 Å². The van der Waals surface area contributed by atoms with E-state index in [1.807, 2.05) is 0 Å². The molecule has 0 unspecified atom stereocenters. The van der Waals surface area contributed by atoms with Gasteiger partial charge in [-0.15, -0.1) is 0 Å². The number of benzene rings is 3. The summed E-state index contributed by atoms with van der Waals surface area (Å²) in [4.78, 5) is 24.6. The van der Waals surface area contributed by atoms with E-state index in [9.17, 15) is 18.0 Å². The number of sulfonamides is 1. The minimum absolute atomic E-state index is 0.0403. The van der Waals surface area contributed by atoms with Crippen LogP contribution in [0.15, 0.2) is 71.6 Å². The topological polar surface area (TPSA) is 126 Å². The quantitative estimate of drug-likeness (QED) is 0.221. The van der Waals surface area contributed by atoms with Gasteiger partial charge in [-0.25, -0.2) is 8.42 Å². The third-order valence-electron chi connectivity index (χ3n) is 6.64. The molecule has 2 amide bonds. The first-order valence-corrected chi connectivity index (χ1v) is 15.6. The summed E-state index contributed by atoms with van der Waals surface area (Å²) >= 11 is 12.1. The zero-order valence-corrected chi connectivity index (χ0v) is 24.6.